The smallest absolute Gasteiger partial charge is 0.252 e. The maximum atomic E-state index is 2.77. The van der Waals surface area contributed by atoms with E-state index in [4.69, 9.17) is 0 Å². The van der Waals surface area contributed by atoms with Crippen molar-refractivity contribution in [3.8, 4) is 5.69 Å². The van der Waals surface area contributed by atoms with E-state index >= 15 is 0 Å². The summed E-state index contributed by atoms with van der Waals surface area (Å²) in [6.07, 6.45) is 4.72. The zero-order valence-corrected chi connectivity index (χ0v) is 54.8. The molecule has 0 N–H and O–H groups in total. The molecule has 1 aromatic heterocycles. The molecule has 2 atom stereocenters. The normalized spacial score (nSPS) is 17.8. The first-order valence-electron chi connectivity index (χ1n) is 32.7. The van der Waals surface area contributed by atoms with Crippen LogP contribution in [0.25, 0.3) is 27.5 Å². The molecule has 1 aliphatic carbocycles. The van der Waals surface area contributed by atoms with Gasteiger partial charge in [-0.25, -0.2) is 0 Å². The minimum atomic E-state index is -0.120. The van der Waals surface area contributed by atoms with Crippen LogP contribution < -0.4 is 36.0 Å². The molecular weight excluding hydrogens is 1080 g/mol. The molecule has 0 spiro atoms. The molecule has 1 saturated carbocycles. The molecule has 89 heavy (non-hydrogen) atoms. The lowest BCUT2D eigenvalue weighted by Crippen LogP contribution is -2.61. The molecular formula is C83H84BN5. The summed E-state index contributed by atoms with van der Waals surface area (Å²) in [6.45, 7) is 32.9. The molecule has 0 amide bonds. The van der Waals surface area contributed by atoms with Gasteiger partial charge < -0.3 is 24.2 Å². The Balaban J connectivity index is 1.03. The molecule has 6 heteroatoms. The molecule has 1 fully saturated rings. The molecule has 10 aromatic carbocycles. The summed E-state index contributed by atoms with van der Waals surface area (Å²) in [4.78, 5) is 10.6. The van der Waals surface area contributed by atoms with Crippen LogP contribution in [0.2, 0.25) is 0 Å². The van der Waals surface area contributed by atoms with Gasteiger partial charge in [0.2, 0.25) is 0 Å². The van der Waals surface area contributed by atoms with Gasteiger partial charge >= 0.3 is 0 Å². The van der Waals surface area contributed by atoms with Gasteiger partial charge in [-0.05, 0) is 215 Å². The Kier molecular flexibility index (Phi) is 12.8. The van der Waals surface area contributed by atoms with E-state index in [1.807, 2.05) is 0 Å². The number of hydrogen-bond acceptors (Lipinski definition) is 4. The lowest BCUT2D eigenvalue weighted by atomic mass is 9.33. The molecule has 4 aliphatic rings. The number of benzene rings is 10. The van der Waals surface area contributed by atoms with Crippen LogP contribution in [0.15, 0.2) is 206 Å². The summed E-state index contributed by atoms with van der Waals surface area (Å²) in [5.74, 6) is 0. The number of nitrogens with zero attached hydrogens (tertiary/aromatic N) is 5. The van der Waals surface area contributed by atoms with E-state index in [9.17, 15) is 0 Å². The van der Waals surface area contributed by atoms with Crippen LogP contribution >= 0.6 is 0 Å². The fourth-order valence-corrected chi connectivity index (χ4v) is 16.3. The fraction of sp³-hybridized carbons (Fsp3) is 0.277. The fourth-order valence-electron chi connectivity index (χ4n) is 16.3. The molecule has 0 bridgehead atoms. The van der Waals surface area contributed by atoms with E-state index in [1.165, 1.54) is 135 Å². The van der Waals surface area contributed by atoms with Crippen LogP contribution in [0.4, 0.5) is 62.6 Å². The van der Waals surface area contributed by atoms with E-state index in [0.29, 0.717) is 0 Å². The second-order valence-corrected chi connectivity index (χ2v) is 30.0. The minimum absolute atomic E-state index is 0.0110. The predicted molar refractivity (Wildman–Crippen MR) is 383 cm³/mol. The Labute approximate surface area is 529 Å². The van der Waals surface area contributed by atoms with Gasteiger partial charge in [-0.3, -0.25) is 0 Å². The molecule has 444 valence electrons. The highest BCUT2D eigenvalue weighted by Crippen LogP contribution is 2.62. The number of anilines is 11. The highest BCUT2D eigenvalue weighted by atomic mass is 15.3. The first-order chi connectivity index (χ1) is 42.5. The van der Waals surface area contributed by atoms with Crippen molar-refractivity contribution in [2.45, 2.75) is 150 Å². The van der Waals surface area contributed by atoms with Gasteiger partial charge in [0.1, 0.15) is 0 Å². The number of hydrogen-bond donors (Lipinski definition) is 0. The summed E-state index contributed by atoms with van der Waals surface area (Å²) in [5.41, 5.74) is 29.7. The second kappa shape index (κ2) is 20.1. The lowest BCUT2D eigenvalue weighted by Gasteiger charge is -2.50. The van der Waals surface area contributed by atoms with Crippen LogP contribution in [-0.2, 0) is 21.7 Å². The Bertz CT molecular complexity index is 4610. The molecule has 15 rings (SSSR count). The van der Waals surface area contributed by atoms with Crippen LogP contribution in [0.1, 0.15) is 141 Å². The Hall–Kier alpha value is -8.74. The van der Waals surface area contributed by atoms with Gasteiger partial charge in [-0.1, -0.05) is 185 Å². The third-order valence-electron chi connectivity index (χ3n) is 21.2. The van der Waals surface area contributed by atoms with Gasteiger partial charge in [0.25, 0.3) is 6.71 Å². The van der Waals surface area contributed by atoms with E-state index in [2.05, 4.69) is 327 Å². The van der Waals surface area contributed by atoms with Crippen molar-refractivity contribution in [1.82, 2.24) is 4.57 Å². The van der Waals surface area contributed by atoms with Crippen LogP contribution in [0, 0.1) is 20.8 Å². The van der Waals surface area contributed by atoms with Crippen molar-refractivity contribution >= 4 is 107 Å². The molecule has 3 aliphatic heterocycles. The van der Waals surface area contributed by atoms with Crippen molar-refractivity contribution in [2.75, 3.05) is 19.6 Å². The monoisotopic (exact) mass is 1160 g/mol. The van der Waals surface area contributed by atoms with Crippen molar-refractivity contribution in [3.63, 3.8) is 0 Å². The average molecular weight is 1160 g/mol. The number of rotatable bonds is 7. The molecule has 11 aromatic rings. The van der Waals surface area contributed by atoms with Gasteiger partial charge in [0.15, 0.2) is 0 Å². The molecule has 4 heterocycles. The van der Waals surface area contributed by atoms with Crippen molar-refractivity contribution < 1.29 is 0 Å². The Morgan fingerprint density at radius 3 is 1.53 bits per heavy atom. The summed E-state index contributed by atoms with van der Waals surface area (Å²) >= 11 is 0. The number of aromatic nitrogens is 1. The predicted octanol–water partition coefficient (Wildman–Crippen LogP) is 20.9. The first kappa shape index (κ1) is 56.8. The number of fused-ring (bicyclic) bond motifs is 10. The summed E-state index contributed by atoms with van der Waals surface area (Å²) < 4.78 is 2.45. The van der Waals surface area contributed by atoms with Crippen LogP contribution in [-0.4, -0.2) is 16.8 Å². The second-order valence-electron chi connectivity index (χ2n) is 30.0. The minimum Gasteiger partial charge on any atom is -0.334 e. The third-order valence-corrected chi connectivity index (χ3v) is 21.2. The lowest BCUT2D eigenvalue weighted by molar-refractivity contribution is 0.195. The topological polar surface area (TPSA) is 17.9 Å². The van der Waals surface area contributed by atoms with Gasteiger partial charge in [0.05, 0.1) is 22.3 Å². The number of para-hydroxylation sites is 3. The SMILES string of the molecule is Cc1cc2c3c(c1)N(c1ccc(C(C)(C)C)cc1)c1cc4c(cc1B3c1ccc(N(c3ccc5c6ccccc6n(-c6ccccc6)c5c3)c3c(C)cc(C(C)(C)C)cc3C)cc1N2c1ccc(C(C)(C)C)cc1)N(c1ccccc1)C1(C)CCCCC41C. The maximum Gasteiger partial charge on any atom is 0.252 e. The first-order valence-corrected chi connectivity index (χ1v) is 32.7. The number of aryl methyl sites for hydroxylation is 3. The maximum absolute atomic E-state index is 2.77. The quantitative estimate of drug-likeness (QED) is 0.148. The van der Waals surface area contributed by atoms with Crippen molar-refractivity contribution in [2.24, 2.45) is 0 Å². The van der Waals surface area contributed by atoms with E-state index < -0.39 is 0 Å². The van der Waals surface area contributed by atoms with Crippen molar-refractivity contribution in [3.05, 3.63) is 245 Å². The summed E-state index contributed by atoms with van der Waals surface area (Å²) in [5, 5.41) is 2.48. The van der Waals surface area contributed by atoms with Crippen LogP contribution in [0.3, 0.4) is 0 Å². The van der Waals surface area contributed by atoms with Crippen LogP contribution in [0.5, 0.6) is 0 Å². The summed E-state index contributed by atoms with van der Waals surface area (Å²) in [7, 11) is 0. The average Bonchev–Trinajstić information content (AvgIpc) is 1.65. The molecule has 0 saturated heterocycles. The zero-order chi connectivity index (χ0) is 61.8. The Morgan fingerprint density at radius 1 is 0.416 bits per heavy atom. The zero-order valence-electron chi connectivity index (χ0n) is 54.8. The van der Waals surface area contributed by atoms with Gasteiger partial charge in [-0.2, -0.15) is 0 Å². The van der Waals surface area contributed by atoms with E-state index in [0.717, 1.165) is 35.6 Å². The molecule has 5 nitrogen and oxygen atoms in total. The van der Waals surface area contributed by atoms with E-state index in [1.54, 1.807) is 0 Å². The van der Waals surface area contributed by atoms with Gasteiger partial charge in [-0.15, -0.1) is 0 Å². The van der Waals surface area contributed by atoms with Gasteiger partial charge in [0, 0.05) is 78.7 Å². The Morgan fingerprint density at radius 2 is 0.933 bits per heavy atom. The highest BCUT2D eigenvalue weighted by Gasteiger charge is 2.59. The summed E-state index contributed by atoms with van der Waals surface area (Å²) in [6, 6.07) is 80.0. The standard InChI is InChI=1S/C83H84BN5/c1-53-45-75-77-76(46-53)88(61-37-33-57(34-38-61)80(7,8)9)74-51-67-72(89(62-27-19-16-20-28-62)83(14)44-24-23-43-82(67,83)13)52-69(74)84(77)68-42-40-64(50-73(68)87(75)60-35-31-56(32-36-60)79(4,5)6)85(78-54(2)47-58(48-55(78)3)81(10,11)12)63-39-41-66-65-29-21-22-30-70(65)86(71(66)49-63)59-25-17-15-18-26-59/h15-22,25-42,45-52H,23-24,43-44H2,1-14H3. The molecule has 2 unspecified atom stereocenters. The highest BCUT2D eigenvalue weighted by molar-refractivity contribution is 7.00. The van der Waals surface area contributed by atoms with Crippen molar-refractivity contribution in [1.29, 1.82) is 0 Å². The third kappa shape index (κ3) is 8.77. The largest absolute Gasteiger partial charge is 0.334 e. The van der Waals surface area contributed by atoms with E-state index in [-0.39, 0.29) is 33.9 Å². The molecule has 0 radical (unpaired) electrons.